The zero-order chi connectivity index (χ0) is 72.6. The molecule has 0 spiro atoms. The number of hydrogen-bond acceptors (Lipinski definition) is 12. The molecule has 8 aromatic heterocycles. The largest absolute Gasteiger partial charge is 0.507 e. The Hall–Kier alpha value is -9.15. The normalized spacial score (nSPS) is 11.7. The summed E-state index contributed by atoms with van der Waals surface area (Å²) in [4.78, 5) is 38.4. The number of benzene rings is 6. The van der Waals surface area contributed by atoms with E-state index in [4.69, 9.17) is 29.4 Å². The van der Waals surface area contributed by atoms with Gasteiger partial charge in [-0.25, -0.2) is 19.9 Å². The van der Waals surface area contributed by atoms with E-state index >= 15 is 0 Å². The summed E-state index contributed by atoms with van der Waals surface area (Å²) in [6.07, 6.45) is 14.3. The molecule has 0 aliphatic rings. The van der Waals surface area contributed by atoms with Crippen molar-refractivity contribution in [2.24, 2.45) is 0 Å². The maximum Gasteiger partial charge on any atom is 0.369 e. The minimum absolute atomic E-state index is 0. The van der Waals surface area contributed by atoms with Crippen LogP contribution in [0.15, 0.2) is 219 Å². The molecule has 17 heteroatoms. The number of fused-ring (bicyclic) bond motifs is 6. The van der Waals surface area contributed by atoms with Crippen molar-refractivity contribution in [1.82, 2.24) is 39.9 Å². The zero-order valence-corrected chi connectivity index (χ0v) is 66.4. The summed E-state index contributed by atoms with van der Waals surface area (Å²) >= 11 is 9.31. The maximum absolute atomic E-state index is 11.7. The summed E-state index contributed by atoms with van der Waals surface area (Å²) in [5, 5.41) is 27.3. The molecule has 14 aromatic rings. The molecule has 14 rings (SSSR count). The third kappa shape index (κ3) is 16.3. The van der Waals surface area contributed by atoms with Crippen LogP contribution in [-0.4, -0.2) is 67.5 Å². The molecular formula is C86H80BBr3N8O4V. The summed E-state index contributed by atoms with van der Waals surface area (Å²) < 4.78 is 12.5. The van der Waals surface area contributed by atoms with Gasteiger partial charge in [-0.15, -0.1) is 47.3 Å². The average Bonchev–Trinajstić information content (AvgIpc) is 0.759. The number of hydrogen-bond donors (Lipinski definition) is 2. The van der Waals surface area contributed by atoms with Crippen molar-refractivity contribution in [3.8, 4) is 113 Å². The number of ether oxygens (including phenoxy) is 2. The van der Waals surface area contributed by atoms with Crippen LogP contribution in [0.4, 0.5) is 0 Å². The number of phenolic OH excluding ortho intramolecular Hbond substituents is 2. The summed E-state index contributed by atoms with van der Waals surface area (Å²) in [5.41, 5.74) is 20.2. The van der Waals surface area contributed by atoms with Gasteiger partial charge in [-0.1, -0.05) is 156 Å². The molecule has 103 heavy (non-hydrogen) atoms. The van der Waals surface area contributed by atoms with Crippen molar-refractivity contribution in [1.29, 1.82) is 0 Å². The van der Waals surface area contributed by atoms with E-state index in [0.29, 0.717) is 44.7 Å². The molecule has 517 valence electrons. The fourth-order valence-corrected chi connectivity index (χ4v) is 12.6. The molecule has 12 nitrogen and oxygen atoms in total. The molecule has 0 aliphatic carbocycles. The number of methoxy groups -OCH3 is 2. The van der Waals surface area contributed by atoms with E-state index in [1.54, 1.807) is 51.4 Å². The van der Waals surface area contributed by atoms with Crippen LogP contribution in [0.2, 0.25) is 0 Å². The van der Waals surface area contributed by atoms with Crippen molar-refractivity contribution in [2.45, 2.75) is 105 Å². The molecule has 0 saturated carbocycles. The van der Waals surface area contributed by atoms with E-state index in [-0.39, 0.29) is 54.9 Å². The standard InChI is InChI=1S/C44H42N4O2.C42H38N4O2.BBr3.V/c1-43(2,3)31-21-33(29-11-9-19-45-25-29)41(49-7)35(23-31)37-17-15-27-13-14-28-16-18-38(48-40(28)39(27)47-37)36-24-32(44(4,5)6)22-34(42(36)50-8)30-12-10-20-46-26-30;1-41(2,3)29-19-31(27-9-7-17-43-23-27)39(47)33(21-29)35-15-13-25-11-12-26-14-16-36(46-38(26)37(25)45-35)34-22-30(42(4,5)6)20-32(40(34)48)28-10-8-18-44-24-28;2-1(3)4;/h9-26H,1-8H3;7-24,47-48H,1-6H3;;. The fraction of sp³-hybridized carbons (Fsp3) is 0.209. The van der Waals surface area contributed by atoms with Crippen molar-refractivity contribution < 1.29 is 38.2 Å². The van der Waals surface area contributed by atoms with Gasteiger partial charge in [0.05, 0.1) is 59.1 Å². The molecule has 0 aliphatic heterocycles. The summed E-state index contributed by atoms with van der Waals surface area (Å²) in [7, 11) is 3.44. The Morgan fingerprint density at radius 1 is 0.311 bits per heavy atom. The van der Waals surface area contributed by atoms with Gasteiger partial charge in [0.25, 0.3) is 0 Å². The SMILES string of the molecule is BrB(Br)Br.CC(C)(C)c1cc(-c2cccnc2)c(O)c(-c2ccc3ccc4ccc(-c5cc(C(C)(C)C)cc(-c6cccnc6)c5O)nc4c3n2)c1.COc1c(-c2cccnc2)cc(C(C)(C)C)cc1-c1ccc2ccc3ccc(-c4cc(C(C)(C)C)cc(-c5cccnc5)c4OC)nc3c2n1.[V]. The minimum Gasteiger partial charge on any atom is -0.507 e. The van der Waals surface area contributed by atoms with Gasteiger partial charge < -0.3 is 19.7 Å². The van der Waals surface area contributed by atoms with Crippen LogP contribution in [-0.2, 0) is 40.2 Å². The topological polar surface area (TPSA) is 162 Å². The van der Waals surface area contributed by atoms with Crippen LogP contribution in [0, 0.1) is 0 Å². The minimum atomic E-state index is -0.169. The summed E-state index contributed by atoms with van der Waals surface area (Å²) in [6, 6.07) is 57.3. The summed E-state index contributed by atoms with van der Waals surface area (Å²) in [5.74, 6) is 1.84. The molecular weight excluding hydrogens is 1510 g/mol. The first-order chi connectivity index (χ1) is 48.6. The molecule has 6 aromatic carbocycles. The molecule has 0 amide bonds. The molecule has 8 heterocycles. The predicted molar refractivity (Wildman–Crippen MR) is 433 cm³/mol. The second-order valence-corrected chi connectivity index (χ2v) is 35.9. The van der Waals surface area contributed by atoms with Crippen LogP contribution in [0.1, 0.15) is 105 Å². The fourth-order valence-electron chi connectivity index (χ4n) is 12.6. The summed E-state index contributed by atoms with van der Waals surface area (Å²) in [6.45, 7) is 26.3. The first-order valence-electron chi connectivity index (χ1n) is 33.7. The van der Waals surface area contributed by atoms with Crippen LogP contribution in [0.5, 0.6) is 23.0 Å². The maximum atomic E-state index is 11.7. The van der Waals surface area contributed by atoms with Crippen LogP contribution < -0.4 is 9.47 Å². The molecule has 0 bridgehead atoms. The van der Waals surface area contributed by atoms with Gasteiger partial charge in [-0.2, -0.15) is 0 Å². The number of phenols is 2. The molecule has 0 unspecified atom stereocenters. The molecule has 0 atom stereocenters. The third-order valence-corrected chi connectivity index (χ3v) is 18.3. The Morgan fingerprint density at radius 3 is 0.757 bits per heavy atom. The number of aromatic nitrogens is 8. The van der Waals surface area contributed by atoms with E-state index in [1.807, 2.05) is 109 Å². The van der Waals surface area contributed by atoms with Gasteiger partial charge in [0.2, 0.25) is 0 Å². The second kappa shape index (κ2) is 30.7. The number of aromatic hydroxyl groups is 2. The van der Waals surface area contributed by atoms with E-state index in [0.717, 1.165) is 111 Å². The number of pyridine rings is 8. The predicted octanol–water partition coefficient (Wildman–Crippen LogP) is 23.3. The van der Waals surface area contributed by atoms with Gasteiger partial charge in [0.1, 0.15) is 23.0 Å². The molecule has 0 fully saturated rings. The quantitative estimate of drug-likeness (QED) is 0.0986. The number of nitrogens with zero attached hydrogens (tertiary/aromatic N) is 8. The van der Waals surface area contributed by atoms with Gasteiger partial charge in [-0.3, -0.25) is 19.9 Å². The Labute approximate surface area is 640 Å². The van der Waals surface area contributed by atoms with E-state index in [9.17, 15) is 10.2 Å². The van der Waals surface area contributed by atoms with Gasteiger partial charge in [-0.05, 0) is 141 Å². The van der Waals surface area contributed by atoms with Crippen molar-refractivity contribution in [2.75, 3.05) is 14.2 Å². The monoisotopic (exact) mass is 1590 g/mol. The van der Waals surface area contributed by atoms with E-state index < -0.39 is 0 Å². The van der Waals surface area contributed by atoms with Crippen LogP contribution in [0.3, 0.4) is 0 Å². The van der Waals surface area contributed by atoms with Crippen molar-refractivity contribution >= 4 is 94.1 Å². The van der Waals surface area contributed by atoms with E-state index in [2.05, 4.69) is 223 Å². The third-order valence-electron chi connectivity index (χ3n) is 18.3. The van der Waals surface area contributed by atoms with Crippen molar-refractivity contribution in [3.63, 3.8) is 0 Å². The Bertz CT molecular complexity index is 5100. The number of halogens is 3. The van der Waals surface area contributed by atoms with Crippen molar-refractivity contribution in [3.05, 3.63) is 242 Å². The smallest absolute Gasteiger partial charge is 0.369 e. The van der Waals surface area contributed by atoms with Crippen LogP contribution >= 0.6 is 47.3 Å². The van der Waals surface area contributed by atoms with Gasteiger partial charge >= 0.3 is 3.18 Å². The second-order valence-electron chi connectivity index (χ2n) is 29.5. The Balaban J connectivity index is 0.000000195. The molecule has 2 N–H and O–H groups in total. The zero-order valence-electron chi connectivity index (χ0n) is 60.2. The molecule has 1 radical (unpaired) electrons. The van der Waals surface area contributed by atoms with Gasteiger partial charge in [0, 0.05) is 156 Å². The Morgan fingerprint density at radius 2 is 0.524 bits per heavy atom. The van der Waals surface area contributed by atoms with Crippen LogP contribution in [0.25, 0.3) is 133 Å². The molecule has 0 saturated heterocycles. The first kappa shape index (κ1) is 75.0. The van der Waals surface area contributed by atoms with Gasteiger partial charge in [0.15, 0.2) is 0 Å². The first-order valence-corrected chi connectivity index (χ1v) is 36.5. The average molecular weight is 1590 g/mol. The van der Waals surface area contributed by atoms with E-state index in [1.165, 1.54) is 11.1 Å². The Kier molecular flexibility index (Phi) is 22.3. The number of rotatable bonds is 10.